The van der Waals surface area contributed by atoms with Crippen molar-refractivity contribution in [2.24, 2.45) is 5.73 Å². The van der Waals surface area contributed by atoms with Crippen LogP contribution < -0.4 is 11.1 Å². The molecule has 0 aliphatic carbocycles. The summed E-state index contributed by atoms with van der Waals surface area (Å²) >= 11 is 18.3. The number of halogens is 3. The minimum atomic E-state index is -0.847. The third-order valence-corrected chi connectivity index (χ3v) is 6.47. The molecule has 0 saturated carbocycles. The maximum absolute atomic E-state index is 13.5. The molecule has 6 N–H and O–H groups in total. The van der Waals surface area contributed by atoms with Gasteiger partial charge >= 0.3 is 0 Å². The summed E-state index contributed by atoms with van der Waals surface area (Å²) in [5.74, 6) is -0.497. The summed E-state index contributed by atoms with van der Waals surface area (Å²) in [6.07, 6.45) is 0.694. The minimum absolute atomic E-state index is 0.188. The monoisotopic (exact) mass is 509 g/mol. The first-order valence-electron chi connectivity index (χ1n) is 9.91. The Morgan fingerprint density at radius 3 is 2.61 bits per heavy atom. The van der Waals surface area contributed by atoms with Gasteiger partial charge in [-0.15, -0.1) is 0 Å². The van der Waals surface area contributed by atoms with E-state index in [4.69, 9.17) is 55.8 Å². The highest BCUT2D eigenvalue weighted by Crippen LogP contribution is 2.37. The number of hydrogen-bond donors (Lipinski definition) is 5. The van der Waals surface area contributed by atoms with E-state index in [0.717, 1.165) is 16.6 Å². The van der Waals surface area contributed by atoms with Crippen molar-refractivity contribution in [1.29, 1.82) is 5.41 Å². The van der Waals surface area contributed by atoms with E-state index in [1.807, 2.05) is 25.1 Å². The summed E-state index contributed by atoms with van der Waals surface area (Å²) in [7, 11) is 0. The highest BCUT2D eigenvalue weighted by Gasteiger charge is 2.35. The van der Waals surface area contributed by atoms with Gasteiger partial charge in [-0.05, 0) is 54.8 Å². The highest BCUT2D eigenvalue weighted by atomic mass is 35.5. The molecule has 2 heterocycles. The zero-order chi connectivity index (χ0) is 24.3. The van der Waals surface area contributed by atoms with Crippen LogP contribution in [0.2, 0.25) is 15.1 Å². The molecule has 1 aromatic heterocycles. The minimum Gasteiger partial charge on any atom is -0.483 e. The van der Waals surface area contributed by atoms with Crippen molar-refractivity contribution < 1.29 is 14.7 Å². The predicted molar refractivity (Wildman–Crippen MR) is 130 cm³/mol. The predicted octanol–water partition coefficient (Wildman–Crippen LogP) is 4.50. The number of guanidine groups is 1. The van der Waals surface area contributed by atoms with Crippen LogP contribution in [0.25, 0.3) is 10.9 Å². The van der Waals surface area contributed by atoms with Crippen molar-refractivity contribution >= 4 is 64.0 Å². The van der Waals surface area contributed by atoms with Gasteiger partial charge in [0.1, 0.15) is 6.04 Å². The third-order valence-electron chi connectivity index (χ3n) is 5.50. The molecular formula is C22H22Cl3N5O3. The largest absolute Gasteiger partial charge is 0.483 e. The number of hydrogen-bond acceptors (Lipinski definition) is 3. The summed E-state index contributed by atoms with van der Waals surface area (Å²) in [5.41, 5.74) is 9.31. The smallest absolute Gasteiger partial charge is 0.290 e. The van der Waals surface area contributed by atoms with Gasteiger partial charge in [-0.1, -0.05) is 40.9 Å². The molecule has 33 heavy (non-hydrogen) atoms. The lowest BCUT2D eigenvalue weighted by Gasteiger charge is -2.36. The number of rotatable bonds is 3. The zero-order valence-electron chi connectivity index (χ0n) is 17.5. The SMILES string of the molecule is CC1c2[nH]c3ccc(Cl)cc3c2CCN1C(=O)C(NC(=N)N)c1ccc(Cl)c(Cl)c1.O=CO. The number of carbonyl (C=O) groups excluding carboxylic acids is 1. The normalized spacial score (nSPS) is 15.8. The van der Waals surface area contributed by atoms with Crippen LogP contribution >= 0.6 is 34.8 Å². The van der Waals surface area contributed by atoms with E-state index >= 15 is 0 Å². The van der Waals surface area contributed by atoms with Crippen LogP contribution in [-0.4, -0.2) is 39.9 Å². The average molecular weight is 511 g/mol. The maximum Gasteiger partial charge on any atom is 0.290 e. The Morgan fingerprint density at radius 1 is 1.27 bits per heavy atom. The molecule has 2 unspecified atom stereocenters. The van der Waals surface area contributed by atoms with Crippen LogP contribution in [0, 0.1) is 5.41 Å². The first kappa shape index (κ1) is 24.7. The molecule has 2 atom stereocenters. The van der Waals surface area contributed by atoms with E-state index < -0.39 is 6.04 Å². The van der Waals surface area contributed by atoms with Crippen LogP contribution in [-0.2, 0) is 16.0 Å². The molecule has 1 aliphatic rings. The second-order valence-electron chi connectivity index (χ2n) is 7.43. The quantitative estimate of drug-likeness (QED) is 0.201. The van der Waals surface area contributed by atoms with E-state index in [2.05, 4.69) is 10.3 Å². The Kier molecular flexibility index (Phi) is 7.73. The molecule has 0 radical (unpaired) electrons. The number of H-pyrrole nitrogens is 1. The van der Waals surface area contributed by atoms with Gasteiger partial charge < -0.3 is 26.0 Å². The number of aromatic nitrogens is 1. The Balaban J connectivity index is 0.000000968. The lowest BCUT2D eigenvalue weighted by atomic mass is 9.96. The number of carboxylic acid groups (broad SMARTS) is 1. The van der Waals surface area contributed by atoms with Crippen LogP contribution in [0.3, 0.4) is 0 Å². The number of amides is 1. The number of aromatic amines is 1. The maximum atomic E-state index is 13.5. The number of carbonyl (C=O) groups is 2. The van der Waals surface area contributed by atoms with Gasteiger partial charge in [0.2, 0.25) is 5.91 Å². The molecule has 3 aromatic rings. The second kappa shape index (κ2) is 10.3. The molecule has 8 nitrogen and oxygen atoms in total. The van der Waals surface area contributed by atoms with Crippen molar-refractivity contribution in [2.75, 3.05) is 6.54 Å². The molecule has 0 saturated heterocycles. The van der Waals surface area contributed by atoms with E-state index in [1.165, 1.54) is 5.56 Å². The number of fused-ring (bicyclic) bond motifs is 3. The molecule has 1 aliphatic heterocycles. The van der Waals surface area contributed by atoms with Crippen LogP contribution in [0.1, 0.15) is 35.8 Å². The Hall–Kier alpha value is -2.94. The van der Waals surface area contributed by atoms with Crippen LogP contribution in [0.15, 0.2) is 36.4 Å². The topological polar surface area (TPSA) is 135 Å². The zero-order valence-corrected chi connectivity index (χ0v) is 19.8. The van der Waals surface area contributed by atoms with Crippen LogP contribution in [0.4, 0.5) is 0 Å². The van der Waals surface area contributed by atoms with Crippen molar-refractivity contribution in [3.05, 3.63) is 68.3 Å². The first-order valence-corrected chi connectivity index (χ1v) is 11.0. The molecule has 0 spiro atoms. The average Bonchev–Trinajstić information content (AvgIpc) is 3.13. The van der Waals surface area contributed by atoms with Crippen LogP contribution in [0.5, 0.6) is 0 Å². The van der Waals surface area contributed by atoms with Gasteiger partial charge in [0.15, 0.2) is 5.96 Å². The molecule has 0 fully saturated rings. The van der Waals surface area contributed by atoms with Gasteiger partial charge in [0.05, 0.1) is 16.1 Å². The van der Waals surface area contributed by atoms with E-state index in [-0.39, 0.29) is 24.4 Å². The van der Waals surface area contributed by atoms with Gasteiger partial charge in [0, 0.05) is 28.2 Å². The van der Waals surface area contributed by atoms with Crippen molar-refractivity contribution in [1.82, 2.24) is 15.2 Å². The van der Waals surface area contributed by atoms with Gasteiger partial charge in [-0.2, -0.15) is 0 Å². The van der Waals surface area contributed by atoms with Gasteiger partial charge in [-0.25, -0.2) is 0 Å². The standard InChI is InChI=1S/C21H20Cl3N5O.CH2O2/c1-10-18-13(14-9-12(22)3-5-17(14)27-18)6-7-29(10)20(30)19(28-21(25)26)11-2-4-15(23)16(24)8-11;2-1-3/h2-5,8-10,19,27H,6-7H2,1H3,(H4,25,26,28);1H,(H,2,3). The molecule has 11 heteroatoms. The molecule has 0 bridgehead atoms. The summed E-state index contributed by atoms with van der Waals surface area (Å²) in [6, 6.07) is 9.66. The molecule has 2 aromatic carbocycles. The Bertz CT molecular complexity index is 1210. The fourth-order valence-corrected chi connectivity index (χ4v) is 4.53. The third kappa shape index (κ3) is 5.19. The number of nitrogens with zero attached hydrogens (tertiary/aromatic N) is 1. The molecular weight excluding hydrogens is 489 g/mol. The van der Waals surface area contributed by atoms with E-state index in [1.54, 1.807) is 23.1 Å². The Labute approximate surface area is 205 Å². The second-order valence-corrected chi connectivity index (χ2v) is 8.69. The van der Waals surface area contributed by atoms with Crippen molar-refractivity contribution in [3.63, 3.8) is 0 Å². The summed E-state index contributed by atoms with van der Waals surface area (Å²) < 4.78 is 0. The lowest BCUT2D eigenvalue weighted by Crippen LogP contribution is -2.47. The number of nitrogens with two attached hydrogens (primary N) is 1. The number of benzene rings is 2. The fourth-order valence-electron chi connectivity index (χ4n) is 4.05. The van der Waals surface area contributed by atoms with Gasteiger partial charge in [-0.3, -0.25) is 15.0 Å². The molecule has 4 rings (SSSR count). The molecule has 174 valence electrons. The fraction of sp³-hybridized carbons (Fsp3) is 0.227. The highest BCUT2D eigenvalue weighted by molar-refractivity contribution is 6.42. The van der Waals surface area contributed by atoms with E-state index in [0.29, 0.717) is 33.6 Å². The first-order chi connectivity index (χ1) is 15.7. The van der Waals surface area contributed by atoms with Crippen molar-refractivity contribution in [2.45, 2.75) is 25.4 Å². The Morgan fingerprint density at radius 2 is 1.97 bits per heavy atom. The molecule has 1 amide bonds. The van der Waals surface area contributed by atoms with Gasteiger partial charge in [0.25, 0.3) is 6.47 Å². The summed E-state index contributed by atoms with van der Waals surface area (Å²) in [6.45, 7) is 2.26. The lowest BCUT2D eigenvalue weighted by molar-refractivity contribution is -0.136. The summed E-state index contributed by atoms with van der Waals surface area (Å²) in [4.78, 5) is 27.1. The number of nitrogens with one attached hydrogen (secondary N) is 3. The van der Waals surface area contributed by atoms with E-state index in [9.17, 15) is 4.79 Å². The van der Waals surface area contributed by atoms with Crippen molar-refractivity contribution in [3.8, 4) is 0 Å². The summed E-state index contributed by atoms with van der Waals surface area (Å²) in [5, 5.41) is 19.8.